The van der Waals surface area contributed by atoms with E-state index in [0.717, 1.165) is 37.1 Å². The van der Waals surface area contributed by atoms with Crippen molar-refractivity contribution in [2.24, 2.45) is 0 Å². The van der Waals surface area contributed by atoms with Gasteiger partial charge in [-0.1, -0.05) is 6.07 Å². The smallest absolute Gasteiger partial charge is 0.224 e. The summed E-state index contributed by atoms with van der Waals surface area (Å²) in [6.45, 7) is 2.26. The second-order valence-corrected chi connectivity index (χ2v) is 6.07. The molecule has 1 atom stereocenters. The first-order chi connectivity index (χ1) is 10.7. The van der Waals surface area contributed by atoms with Crippen LogP contribution in [-0.4, -0.2) is 25.2 Å². The molecule has 0 bridgehead atoms. The molecule has 22 heavy (non-hydrogen) atoms. The number of halogens is 1. The zero-order valence-electron chi connectivity index (χ0n) is 12.8. The molecule has 2 N–H and O–H groups in total. The summed E-state index contributed by atoms with van der Waals surface area (Å²) in [7, 11) is 0. The largest absolute Gasteiger partial charge is 0.378 e. The van der Waals surface area contributed by atoms with Crippen molar-refractivity contribution in [1.29, 1.82) is 0 Å². The van der Waals surface area contributed by atoms with Crippen LogP contribution < -0.4 is 10.6 Å². The molecule has 4 nitrogen and oxygen atoms in total. The number of carbonyl (C=O) groups is 1. The van der Waals surface area contributed by atoms with Crippen LogP contribution in [0.2, 0.25) is 0 Å². The van der Waals surface area contributed by atoms with E-state index in [9.17, 15) is 9.18 Å². The topological polar surface area (TPSA) is 50.4 Å². The number of rotatable bonds is 4. The van der Waals surface area contributed by atoms with Gasteiger partial charge in [-0.05, 0) is 55.8 Å². The zero-order chi connectivity index (χ0) is 15.4. The molecule has 0 aliphatic carbocycles. The predicted octanol–water partition coefficient (Wildman–Crippen LogP) is 2.76. The number of benzene rings is 1. The maximum Gasteiger partial charge on any atom is 0.224 e. The van der Waals surface area contributed by atoms with Crippen molar-refractivity contribution < 1.29 is 13.9 Å². The molecule has 5 heteroatoms. The van der Waals surface area contributed by atoms with Crippen molar-refractivity contribution in [2.75, 3.05) is 18.5 Å². The van der Waals surface area contributed by atoms with Crippen LogP contribution in [0.25, 0.3) is 0 Å². The van der Waals surface area contributed by atoms with E-state index >= 15 is 0 Å². The van der Waals surface area contributed by atoms with Crippen molar-refractivity contribution in [1.82, 2.24) is 5.32 Å². The molecule has 2 aliphatic rings. The van der Waals surface area contributed by atoms with Crippen molar-refractivity contribution in [2.45, 2.75) is 51.2 Å². The quantitative estimate of drug-likeness (QED) is 0.899. The molecule has 1 unspecified atom stereocenters. The molecule has 1 aromatic rings. The molecular weight excluding hydrogens is 283 g/mol. The third-order valence-corrected chi connectivity index (χ3v) is 4.45. The van der Waals surface area contributed by atoms with Gasteiger partial charge in [0.15, 0.2) is 0 Å². The normalized spacial score (nSPS) is 21.2. The molecule has 0 radical (unpaired) electrons. The Labute approximate surface area is 130 Å². The summed E-state index contributed by atoms with van der Waals surface area (Å²) >= 11 is 0. The number of hydrogen-bond acceptors (Lipinski definition) is 3. The Morgan fingerprint density at radius 3 is 3.14 bits per heavy atom. The van der Waals surface area contributed by atoms with Crippen molar-refractivity contribution >= 4 is 11.6 Å². The monoisotopic (exact) mass is 306 g/mol. The third-order valence-electron chi connectivity index (χ3n) is 4.45. The number of anilines is 1. The van der Waals surface area contributed by atoms with Gasteiger partial charge in [0.1, 0.15) is 5.82 Å². The Hall–Kier alpha value is -1.46. The van der Waals surface area contributed by atoms with Gasteiger partial charge >= 0.3 is 0 Å². The van der Waals surface area contributed by atoms with Crippen LogP contribution in [0.1, 0.15) is 43.2 Å². The van der Waals surface area contributed by atoms with Gasteiger partial charge in [-0.15, -0.1) is 0 Å². The Morgan fingerprint density at radius 1 is 1.41 bits per heavy atom. The highest BCUT2D eigenvalue weighted by atomic mass is 19.1. The highest BCUT2D eigenvalue weighted by Crippen LogP contribution is 2.25. The average molecular weight is 306 g/mol. The predicted molar refractivity (Wildman–Crippen MR) is 83.3 cm³/mol. The van der Waals surface area contributed by atoms with Gasteiger partial charge < -0.3 is 15.4 Å². The first-order valence-corrected chi connectivity index (χ1v) is 8.16. The van der Waals surface area contributed by atoms with E-state index in [1.165, 1.54) is 6.42 Å². The maximum atomic E-state index is 14.4. The van der Waals surface area contributed by atoms with Crippen LogP contribution >= 0.6 is 0 Å². The second-order valence-electron chi connectivity index (χ2n) is 6.07. The summed E-state index contributed by atoms with van der Waals surface area (Å²) in [5.74, 6) is -0.414. The molecule has 2 aliphatic heterocycles. The summed E-state index contributed by atoms with van der Waals surface area (Å²) < 4.78 is 20.1. The number of fused-ring (bicyclic) bond motifs is 1. The van der Waals surface area contributed by atoms with E-state index in [-0.39, 0.29) is 17.8 Å². The molecule has 0 aromatic heterocycles. The van der Waals surface area contributed by atoms with Crippen LogP contribution in [0.5, 0.6) is 0 Å². The van der Waals surface area contributed by atoms with Gasteiger partial charge in [-0.3, -0.25) is 4.79 Å². The molecule has 3 rings (SSSR count). The fourth-order valence-corrected chi connectivity index (χ4v) is 3.17. The minimum Gasteiger partial charge on any atom is -0.378 e. The summed E-state index contributed by atoms with van der Waals surface area (Å²) in [5.41, 5.74) is 2.01. The average Bonchev–Trinajstić information content (AvgIpc) is 2.57. The van der Waals surface area contributed by atoms with Crippen LogP contribution in [0.4, 0.5) is 10.1 Å². The van der Waals surface area contributed by atoms with E-state index in [1.807, 2.05) is 6.07 Å². The number of nitrogens with one attached hydrogen (secondary N) is 2. The number of amides is 1. The summed E-state index contributed by atoms with van der Waals surface area (Å²) in [5, 5.41) is 5.93. The molecule has 1 saturated heterocycles. The Kier molecular flexibility index (Phi) is 5.05. The maximum absolute atomic E-state index is 14.4. The van der Waals surface area contributed by atoms with Gasteiger partial charge in [0.25, 0.3) is 0 Å². The highest BCUT2D eigenvalue weighted by Gasteiger charge is 2.19. The minimum absolute atomic E-state index is 0.137. The number of hydrogen-bond donors (Lipinski definition) is 2. The van der Waals surface area contributed by atoms with Gasteiger partial charge in [0.05, 0.1) is 11.8 Å². The zero-order valence-corrected chi connectivity index (χ0v) is 12.8. The van der Waals surface area contributed by atoms with E-state index in [4.69, 9.17) is 4.74 Å². The van der Waals surface area contributed by atoms with Crippen molar-refractivity contribution in [3.05, 3.63) is 29.1 Å². The summed E-state index contributed by atoms with van der Waals surface area (Å²) in [6, 6.07) is 3.56. The van der Waals surface area contributed by atoms with Gasteiger partial charge in [0.2, 0.25) is 5.91 Å². The van der Waals surface area contributed by atoms with Crippen LogP contribution in [0.3, 0.4) is 0 Å². The van der Waals surface area contributed by atoms with E-state index in [2.05, 4.69) is 10.6 Å². The molecule has 1 amide bonds. The van der Waals surface area contributed by atoms with Gasteiger partial charge in [0, 0.05) is 19.6 Å². The molecular formula is C17H23FN2O2. The minimum atomic E-state index is -0.277. The van der Waals surface area contributed by atoms with Gasteiger partial charge in [-0.2, -0.15) is 0 Å². The molecule has 1 aromatic carbocycles. The molecule has 1 fully saturated rings. The van der Waals surface area contributed by atoms with E-state index in [1.54, 1.807) is 6.07 Å². The number of ether oxygens (including phenoxy) is 1. The first kappa shape index (κ1) is 15.4. The van der Waals surface area contributed by atoms with Crippen LogP contribution in [0.15, 0.2) is 12.1 Å². The first-order valence-electron chi connectivity index (χ1n) is 8.16. The van der Waals surface area contributed by atoms with Crippen LogP contribution in [0, 0.1) is 5.82 Å². The Balaban J connectivity index is 1.57. The second kappa shape index (κ2) is 7.20. The summed E-state index contributed by atoms with van der Waals surface area (Å²) in [4.78, 5) is 12.0. The Bertz CT molecular complexity index is 542. The van der Waals surface area contributed by atoms with Crippen molar-refractivity contribution in [3.63, 3.8) is 0 Å². The highest BCUT2D eigenvalue weighted by molar-refractivity contribution is 5.91. The lowest BCUT2D eigenvalue weighted by Crippen LogP contribution is -2.25. The van der Waals surface area contributed by atoms with Gasteiger partial charge in [-0.25, -0.2) is 4.39 Å². The number of carbonyl (C=O) groups excluding carboxylic acids is 1. The SMILES string of the molecule is O=C(CCC1CCCCO1)Nc1ccc2c(c1F)CCNC2. The third kappa shape index (κ3) is 3.65. The lowest BCUT2D eigenvalue weighted by atomic mass is 9.99. The lowest BCUT2D eigenvalue weighted by Gasteiger charge is -2.22. The fraction of sp³-hybridized carbons (Fsp3) is 0.588. The molecule has 2 heterocycles. The Morgan fingerprint density at radius 2 is 2.32 bits per heavy atom. The van der Waals surface area contributed by atoms with E-state index < -0.39 is 0 Å². The van der Waals surface area contributed by atoms with E-state index in [0.29, 0.717) is 31.5 Å². The summed E-state index contributed by atoms with van der Waals surface area (Å²) in [6.07, 6.45) is 5.23. The molecule has 0 saturated carbocycles. The standard InChI is InChI=1S/C17H23FN2O2/c18-17-14-8-9-19-11-12(14)4-6-15(17)20-16(21)7-5-13-3-1-2-10-22-13/h4,6,13,19H,1-3,5,7-11H2,(H,20,21). The molecule has 0 spiro atoms. The van der Waals surface area contributed by atoms with Crippen molar-refractivity contribution in [3.8, 4) is 0 Å². The molecule has 120 valence electrons. The lowest BCUT2D eigenvalue weighted by molar-refractivity contribution is -0.117. The fourth-order valence-electron chi connectivity index (χ4n) is 3.17. The van der Waals surface area contributed by atoms with Crippen LogP contribution in [-0.2, 0) is 22.5 Å².